The van der Waals surface area contributed by atoms with Crippen molar-refractivity contribution in [3.63, 3.8) is 0 Å². The molecule has 0 N–H and O–H groups in total. The van der Waals surface area contributed by atoms with Gasteiger partial charge in [0.25, 0.3) is 0 Å². The van der Waals surface area contributed by atoms with Gasteiger partial charge in [0.2, 0.25) is 5.95 Å². The molecule has 0 saturated carbocycles. The molecule has 116 valence electrons. The lowest BCUT2D eigenvalue weighted by Gasteiger charge is -2.35. The van der Waals surface area contributed by atoms with Gasteiger partial charge in [-0.3, -0.25) is 4.90 Å². The highest BCUT2D eigenvalue weighted by Gasteiger charge is 2.39. The summed E-state index contributed by atoms with van der Waals surface area (Å²) in [4.78, 5) is 28.1. The molecule has 1 heterocycles. The summed E-state index contributed by atoms with van der Waals surface area (Å²) in [6.07, 6.45) is 0.823. The van der Waals surface area contributed by atoms with Crippen molar-refractivity contribution in [1.29, 1.82) is 0 Å². The molecule has 1 atom stereocenters. The smallest absolute Gasteiger partial charge is 0.411 e. The maximum Gasteiger partial charge on any atom is 0.411 e. The number of rotatable bonds is 3. The second-order valence-corrected chi connectivity index (χ2v) is 6.23. The van der Waals surface area contributed by atoms with Crippen molar-refractivity contribution < 1.29 is 18.7 Å². The molecule has 1 unspecified atom stereocenters. The van der Waals surface area contributed by atoms with E-state index in [9.17, 15) is 14.0 Å². The van der Waals surface area contributed by atoms with E-state index in [1.807, 2.05) is 0 Å². The van der Waals surface area contributed by atoms with Crippen molar-refractivity contribution in [2.75, 3.05) is 7.05 Å². The van der Waals surface area contributed by atoms with E-state index in [0.29, 0.717) is 6.29 Å². The first-order valence-corrected chi connectivity index (χ1v) is 6.63. The van der Waals surface area contributed by atoms with Crippen LogP contribution in [0.2, 0.25) is 5.02 Å². The minimum atomic E-state index is -1.58. The number of aldehydes is 1. The normalized spacial score (nSPS) is 14.2. The van der Waals surface area contributed by atoms with Gasteiger partial charge in [0.1, 0.15) is 17.4 Å². The molecule has 0 aromatic carbocycles. The monoisotopic (exact) mass is 316 g/mol. The van der Waals surface area contributed by atoms with Crippen LogP contribution in [0.5, 0.6) is 0 Å². The number of amides is 1. The van der Waals surface area contributed by atoms with Gasteiger partial charge >= 0.3 is 6.09 Å². The van der Waals surface area contributed by atoms with Crippen LogP contribution in [0.3, 0.4) is 0 Å². The second-order valence-electron chi connectivity index (χ2n) is 5.80. The van der Waals surface area contributed by atoms with Gasteiger partial charge in [-0.15, -0.1) is 0 Å². The highest BCUT2D eigenvalue weighted by atomic mass is 35.5. The topological polar surface area (TPSA) is 59.5 Å². The molecule has 0 saturated heterocycles. The van der Waals surface area contributed by atoms with Crippen LogP contribution in [0.1, 0.15) is 33.3 Å². The van der Waals surface area contributed by atoms with Crippen LogP contribution in [0, 0.1) is 5.95 Å². The average molecular weight is 317 g/mol. The van der Waals surface area contributed by atoms with Crippen molar-refractivity contribution in [2.24, 2.45) is 0 Å². The lowest BCUT2D eigenvalue weighted by molar-refractivity contribution is -0.117. The van der Waals surface area contributed by atoms with Crippen LogP contribution in [0.15, 0.2) is 12.3 Å². The number of hydrogen-bond donors (Lipinski definition) is 0. The molecule has 1 aromatic rings. The Balaban J connectivity index is 3.23. The van der Waals surface area contributed by atoms with E-state index >= 15 is 0 Å². The lowest BCUT2D eigenvalue weighted by Crippen LogP contribution is -2.48. The standard InChI is InChI=1S/C14H18ClFN2O3/c1-13(2,3)21-12(20)18(5)14(4,8-19)10-6-9(15)7-17-11(10)16/h6-8H,1-5H3. The minimum Gasteiger partial charge on any atom is -0.444 e. The number of carbonyl (C=O) groups is 2. The van der Waals surface area contributed by atoms with Crippen LogP contribution in [0.25, 0.3) is 0 Å². The first-order chi connectivity index (χ1) is 9.51. The molecular formula is C14H18ClFN2O3. The fraction of sp³-hybridized carbons (Fsp3) is 0.500. The van der Waals surface area contributed by atoms with E-state index in [-0.39, 0.29) is 10.6 Å². The Kier molecular flexibility index (Phi) is 4.94. The first-order valence-electron chi connectivity index (χ1n) is 6.26. The van der Waals surface area contributed by atoms with Gasteiger partial charge in [-0.2, -0.15) is 4.39 Å². The third kappa shape index (κ3) is 3.91. The number of ether oxygens (including phenoxy) is 1. The molecule has 0 aliphatic carbocycles. The summed E-state index contributed by atoms with van der Waals surface area (Å²) in [7, 11) is 1.35. The maximum atomic E-state index is 13.9. The Morgan fingerprint density at radius 1 is 1.43 bits per heavy atom. The number of halogens is 2. The molecular weight excluding hydrogens is 299 g/mol. The van der Waals surface area contributed by atoms with Gasteiger partial charge in [0.05, 0.1) is 5.02 Å². The summed E-state index contributed by atoms with van der Waals surface area (Å²) in [5, 5.41) is 0.164. The Hall–Kier alpha value is -1.69. The molecule has 0 bridgehead atoms. The van der Waals surface area contributed by atoms with Gasteiger partial charge in [0, 0.05) is 18.8 Å². The minimum absolute atomic E-state index is 0.0987. The average Bonchev–Trinajstić information content (AvgIpc) is 2.37. The molecule has 0 aliphatic heterocycles. The van der Waals surface area contributed by atoms with Crippen LogP contribution >= 0.6 is 11.6 Å². The summed E-state index contributed by atoms with van der Waals surface area (Å²) >= 11 is 5.79. The Bertz CT molecular complexity index is 560. The number of pyridine rings is 1. The summed E-state index contributed by atoms with van der Waals surface area (Å²) in [5.41, 5.74) is -2.41. The molecule has 7 heteroatoms. The summed E-state index contributed by atoms with van der Waals surface area (Å²) in [6, 6.07) is 1.26. The van der Waals surface area contributed by atoms with E-state index in [0.717, 1.165) is 11.1 Å². The van der Waals surface area contributed by atoms with Gasteiger partial charge in [0.15, 0.2) is 0 Å². The summed E-state index contributed by atoms with van der Waals surface area (Å²) < 4.78 is 19.1. The number of carbonyl (C=O) groups excluding carboxylic acids is 2. The number of likely N-dealkylation sites (N-methyl/N-ethyl adjacent to an activating group) is 1. The fourth-order valence-corrected chi connectivity index (χ4v) is 1.78. The number of aromatic nitrogens is 1. The number of hydrogen-bond acceptors (Lipinski definition) is 4. The molecule has 0 radical (unpaired) electrons. The molecule has 1 rings (SSSR count). The van der Waals surface area contributed by atoms with Crippen LogP contribution < -0.4 is 0 Å². The predicted octanol–water partition coefficient (Wildman–Crippen LogP) is 3.16. The van der Waals surface area contributed by atoms with E-state index < -0.39 is 23.2 Å². The summed E-state index contributed by atoms with van der Waals surface area (Å²) in [5.74, 6) is -0.871. The van der Waals surface area contributed by atoms with Crippen LogP contribution in [0.4, 0.5) is 9.18 Å². The zero-order valence-electron chi connectivity index (χ0n) is 12.6. The van der Waals surface area contributed by atoms with Crippen molar-refractivity contribution >= 4 is 24.0 Å². The summed E-state index contributed by atoms with van der Waals surface area (Å²) in [6.45, 7) is 6.47. The van der Waals surface area contributed by atoms with E-state index in [4.69, 9.17) is 16.3 Å². The zero-order valence-corrected chi connectivity index (χ0v) is 13.4. The Labute approximate surface area is 128 Å². The van der Waals surface area contributed by atoms with Crippen molar-refractivity contribution in [3.8, 4) is 0 Å². The number of nitrogens with zero attached hydrogens (tertiary/aromatic N) is 2. The van der Waals surface area contributed by atoms with Gasteiger partial charge in [-0.1, -0.05) is 11.6 Å². The van der Waals surface area contributed by atoms with Gasteiger partial charge in [-0.25, -0.2) is 9.78 Å². The Morgan fingerprint density at radius 2 is 2.00 bits per heavy atom. The molecule has 0 fully saturated rings. The zero-order chi connectivity index (χ0) is 16.4. The van der Waals surface area contributed by atoms with Crippen molar-refractivity contribution in [3.05, 3.63) is 28.8 Å². The van der Waals surface area contributed by atoms with Crippen molar-refractivity contribution in [1.82, 2.24) is 9.88 Å². The predicted molar refractivity (Wildman–Crippen MR) is 76.6 cm³/mol. The molecule has 21 heavy (non-hydrogen) atoms. The molecule has 1 aromatic heterocycles. The maximum absolute atomic E-state index is 13.9. The molecule has 0 aliphatic rings. The highest BCUT2D eigenvalue weighted by Crippen LogP contribution is 2.29. The van der Waals surface area contributed by atoms with E-state index in [1.165, 1.54) is 20.0 Å². The quantitative estimate of drug-likeness (QED) is 0.635. The first kappa shape index (κ1) is 17.4. The molecule has 1 amide bonds. The molecule has 0 spiro atoms. The Morgan fingerprint density at radius 3 is 2.48 bits per heavy atom. The largest absolute Gasteiger partial charge is 0.444 e. The third-order valence-corrected chi connectivity index (χ3v) is 3.15. The van der Waals surface area contributed by atoms with E-state index in [1.54, 1.807) is 20.8 Å². The van der Waals surface area contributed by atoms with Crippen LogP contribution in [-0.2, 0) is 15.1 Å². The van der Waals surface area contributed by atoms with Gasteiger partial charge < -0.3 is 9.53 Å². The fourth-order valence-electron chi connectivity index (χ4n) is 1.62. The van der Waals surface area contributed by atoms with Crippen molar-refractivity contribution in [2.45, 2.75) is 38.8 Å². The second kappa shape index (κ2) is 5.97. The SMILES string of the molecule is CN(C(=O)OC(C)(C)C)C(C)(C=O)c1cc(Cl)cnc1F. The third-order valence-electron chi connectivity index (χ3n) is 2.94. The molecule has 5 nitrogen and oxygen atoms in total. The van der Waals surface area contributed by atoms with Gasteiger partial charge in [-0.05, 0) is 33.8 Å². The van der Waals surface area contributed by atoms with E-state index in [2.05, 4.69) is 4.98 Å². The van der Waals surface area contributed by atoms with Crippen LogP contribution in [-0.4, -0.2) is 34.9 Å². The highest BCUT2D eigenvalue weighted by molar-refractivity contribution is 6.30. The lowest BCUT2D eigenvalue weighted by atomic mass is 9.93.